The Kier molecular flexibility index (Phi) is 7.31. The van der Waals surface area contributed by atoms with Crippen LogP contribution in [0.1, 0.15) is 39.9 Å². The number of halogens is 6. The van der Waals surface area contributed by atoms with E-state index in [0.717, 1.165) is 29.1 Å². The molecule has 5 rings (SSSR count). The lowest BCUT2D eigenvalue weighted by molar-refractivity contribution is -0.344. The van der Waals surface area contributed by atoms with Gasteiger partial charge in [-0.3, -0.25) is 4.79 Å². The van der Waals surface area contributed by atoms with Crippen LogP contribution in [0.2, 0.25) is 0 Å². The first kappa shape index (κ1) is 28.9. The second-order valence-corrected chi connectivity index (χ2v) is 9.64. The van der Waals surface area contributed by atoms with Gasteiger partial charge >= 0.3 is 6.18 Å². The van der Waals surface area contributed by atoms with Gasteiger partial charge in [0.15, 0.2) is 17.5 Å². The van der Waals surface area contributed by atoms with E-state index in [2.05, 4.69) is 10.3 Å². The molecule has 3 heterocycles. The van der Waals surface area contributed by atoms with Crippen molar-refractivity contribution in [3.63, 3.8) is 0 Å². The number of hydrogen-bond donors (Lipinski definition) is 4. The van der Waals surface area contributed by atoms with Crippen molar-refractivity contribution in [3.8, 4) is 11.3 Å². The number of aliphatic hydroxyl groups excluding tert-OH is 3. The van der Waals surface area contributed by atoms with Crippen molar-refractivity contribution >= 4 is 5.91 Å². The van der Waals surface area contributed by atoms with Crippen molar-refractivity contribution in [1.29, 1.82) is 0 Å². The molecule has 0 radical (unpaired) electrons. The molecule has 5 N–H and O–H groups in total. The largest absolute Gasteiger partial charge is 0.416 e. The zero-order chi connectivity index (χ0) is 29.9. The number of nitrogens with zero attached hydrogens (tertiary/aromatic N) is 3. The van der Waals surface area contributed by atoms with Crippen molar-refractivity contribution in [1.82, 2.24) is 15.0 Å². The summed E-state index contributed by atoms with van der Waals surface area (Å²) in [6.07, 6.45) is -9.42. The van der Waals surface area contributed by atoms with Crippen LogP contribution in [0.4, 0.5) is 26.3 Å². The number of benzene rings is 2. The highest BCUT2D eigenvalue weighted by Crippen LogP contribution is 2.53. The SMILES string of the molecule is NC(=O)c1cccc(C(F)(F)F)c1[C@H]1CCO[C@]12O[C@H](CO)[C@H](O)[C@H](n1cc(-c3cc(F)c(F)c(F)c3)nn1)[C@H]2O. The van der Waals surface area contributed by atoms with Gasteiger partial charge in [-0.05, 0) is 36.2 Å². The number of carbonyl (C=O) groups is 1. The van der Waals surface area contributed by atoms with Crippen LogP contribution >= 0.6 is 0 Å². The number of alkyl halides is 3. The van der Waals surface area contributed by atoms with Crippen molar-refractivity contribution in [2.24, 2.45) is 5.73 Å². The molecule has 220 valence electrons. The maximum absolute atomic E-state index is 14.1. The maximum atomic E-state index is 14.1. The van der Waals surface area contributed by atoms with Gasteiger partial charge < -0.3 is 30.5 Å². The van der Waals surface area contributed by atoms with Crippen LogP contribution in [0.5, 0.6) is 0 Å². The fourth-order valence-corrected chi connectivity index (χ4v) is 5.52. The minimum absolute atomic E-state index is 0.192. The summed E-state index contributed by atoms with van der Waals surface area (Å²) in [5.41, 5.74) is 2.59. The zero-order valence-corrected chi connectivity index (χ0v) is 20.7. The minimum Gasteiger partial charge on any atom is -0.394 e. The summed E-state index contributed by atoms with van der Waals surface area (Å²) in [6.45, 7) is -1.15. The number of aromatic nitrogens is 3. The molecule has 2 saturated heterocycles. The molecule has 6 atom stereocenters. The molecule has 0 aliphatic carbocycles. The number of amides is 1. The number of nitrogens with two attached hydrogens (primary N) is 1. The lowest BCUT2D eigenvalue weighted by Crippen LogP contribution is -2.64. The van der Waals surface area contributed by atoms with E-state index in [1.807, 2.05) is 0 Å². The van der Waals surface area contributed by atoms with E-state index in [1.54, 1.807) is 0 Å². The Morgan fingerprint density at radius 3 is 2.46 bits per heavy atom. The third-order valence-corrected chi connectivity index (χ3v) is 7.32. The highest BCUT2D eigenvalue weighted by Gasteiger charge is 2.63. The fourth-order valence-electron chi connectivity index (χ4n) is 5.52. The Hall–Kier alpha value is -3.57. The van der Waals surface area contributed by atoms with Crippen LogP contribution < -0.4 is 5.73 Å². The standard InChI is InChI=1S/C25H22F6N4O6/c26-14-6-10(7-15(27)19(14)28)16-8-35(34-33-16)20-21(37)17(9-36)41-24(22(20)38)12(4-5-40-24)18-11(23(32)39)2-1-3-13(18)25(29,30)31/h1-3,6-8,12,17,20-22,36-38H,4-5,9H2,(H2,32,39)/t12-,17-,20+,21+,22-,24+/m1/s1. The first-order valence-electron chi connectivity index (χ1n) is 12.2. The van der Waals surface area contributed by atoms with Crippen LogP contribution in [0.15, 0.2) is 36.5 Å². The zero-order valence-electron chi connectivity index (χ0n) is 20.7. The highest BCUT2D eigenvalue weighted by atomic mass is 19.4. The topological polar surface area (TPSA) is 153 Å². The summed E-state index contributed by atoms with van der Waals surface area (Å²) in [5, 5.41) is 40.0. The van der Waals surface area contributed by atoms with E-state index < -0.39 is 88.9 Å². The second kappa shape index (κ2) is 10.4. The number of ether oxygens (including phenoxy) is 2. The van der Waals surface area contributed by atoms with Crippen LogP contribution in [0.25, 0.3) is 11.3 Å². The van der Waals surface area contributed by atoms with Crippen LogP contribution in [0, 0.1) is 17.5 Å². The molecule has 1 amide bonds. The molecule has 1 spiro atoms. The molecule has 2 aliphatic rings. The van der Waals surface area contributed by atoms with Gasteiger partial charge in [0, 0.05) is 17.0 Å². The van der Waals surface area contributed by atoms with E-state index in [-0.39, 0.29) is 24.3 Å². The lowest BCUT2D eigenvalue weighted by atomic mass is 9.76. The fraction of sp³-hybridized carbons (Fsp3) is 0.400. The average Bonchev–Trinajstić information content (AvgIpc) is 3.56. The first-order chi connectivity index (χ1) is 19.3. The molecule has 10 nitrogen and oxygen atoms in total. The van der Waals surface area contributed by atoms with Gasteiger partial charge in [-0.2, -0.15) is 13.2 Å². The van der Waals surface area contributed by atoms with E-state index >= 15 is 0 Å². The molecule has 0 bridgehead atoms. The van der Waals surface area contributed by atoms with E-state index in [0.29, 0.717) is 12.1 Å². The van der Waals surface area contributed by atoms with Crippen molar-refractivity contribution < 1.29 is 55.9 Å². The number of rotatable bonds is 5. The molecule has 2 fully saturated rings. The average molecular weight is 588 g/mol. The Morgan fingerprint density at radius 2 is 1.85 bits per heavy atom. The van der Waals surface area contributed by atoms with Gasteiger partial charge in [-0.1, -0.05) is 11.3 Å². The second-order valence-electron chi connectivity index (χ2n) is 9.64. The number of aliphatic hydroxyl groups is 3. The summed E-state index contributed by atoms with van der Waals surface area (Å²) in [6, 6.07) is 2.47. The number of carbonyl (C=O) groups excluding carboxylic acids is 1. The van der Waals surface area contributed by atoms with Gasteiger partial charge in [0.1, 0.15) is 30.0 Å². The Bertz CT molecular complexity index is 1460. The number of hydrogen-bond acceptors (Lipinski definition) is 8. The Labute approximate surface area is 226 Å². The molecular formula is C25H22F6N4O6. The monoisotopic (exact) mass is 588 g/mol. The molecule has 3 aromatic rings. The molecule has 41 heavy (non-hydrogen) atoms. The molecule has 0 unspecified atom stereocenters. The molecular weight excluding hydrogens is 566 g/mol. The lowest BCUT2D eigenvalue weighted by Gasteiger charge is -2.50. The van der Waals surface area contributed by atoms with E-state index in [1.165, 1.54) is 0 Å². The Morgan fingerprint density at radius 1 is 1.17 bits per heavy atom. The molecule has 0 saturated carbocycles. The minimum atomic E-state index is -4.96. The van der Waals surface area contributed by atoms with Gasteiger partial charge in [0.25, 0.3) is 0 Å². The van der Waals surface area contributed by atoms with Gasteiger partial charge in [0.2, 0.25) is 11.7 Å². The van der Waals surface area contributed by atoms with Gasteiger partial charge in [0.05, 0.1) is 25.0 Å². The van der Waals surface area contributed by atoms with Crippen LogP contribution in [-0.2, 0) is 15.7 Å². The summed E-state index contributed by atoms with van der Waals surface area (Å²) in [7, 11) is 0. The quantitative estimate of drug-likeness (QED) is 0.261. The van der Waals surface area contributed by atoms with Crippen LogP contribution in [-0.4, -0.2) is 73.5 Å². The first-order valence-corrected chi connectivity index (χ1v) is 12.2. The Balaban J connectivity index is 1.62. The maximum Gasteiger partial charge on any atom is 0.416 e. The van der Waals surface area contributed by atoms with Gasteiger partial charge in [-0.25, -0.2) is 17.9 Å². The third kappa shape index (κ3) is 4.74. The normalized spacial score (nSPS) is 28.4. The van der Waals surface area contributed by atoms with E-state index in [9.17, 15) is 46.5 Å². The molecule has 16 heteroatoms. The smallest absolute Gasteiger partial charge is 0.394 e. The third-order valence-electron chi connectivity index (χ3n) is 7.32. The number of primary amides is 1. The highest BCUT2D eigenvalue weighted by molar-refractivity contribution is 5.95. The van der Waals surface area contributed by atoms with E-state index in [4.69, 9.17) is 15.2 Å². The summed E-state index contributed by atoms with van der Waals surface area (Å²) < 4.78 is 95.7. The molecule has 2 aromatic carbocycles. The van der Waals surface area contributed by atoms with Crippen molar-refractivity contribution in [3.05, 3.63) is 70.7 Å². The summed E-state index contributed by atoms with van der Waals surface area (Å²) in [4.78, 5) is 12.2. The summed E-state index contributed by atoms with van der Waals surface area (Å²) in [5.74, 6) is -9.78. The predicted molar refractivity (Wildman–Crippen MR) is 124 cm³/mol. The summed E-state index contributed by atoms with van der Waals surface area (Å²) >= 11 is 0. The predicted octanol–water partition coefficient (Wildman–Crippen LogP) is 2.03. The van der Waals surface area contributed by atoms with Crippen LogP contribution in [0.3, 0.4) is 0 Å². The van der Waals surface area contributed by atoms with Gasteiger partial charge in [-0.15, -0.1) is 5.10 Å². The molecule has 1 aromatic heterocycles. The van der Waals surface area contributed by atoms with Crippen molar-refractivity contribution in [2.45, 2.75) is 48.7 Å². The molecule has 2 aliphatic heterocycles. The van der Waals surface area contributed by atoms with Crippen molar-refractivity contribution in [2.75, 3.05) is 13.2 Å².